The number of nitrogens with zero attached hydrogens (tertiary/aromatic N) is 1. The summed E-state index contributed by atoms with van der Waals surface area (Å²) in [5, 5.41) is 6.01. The number of nitrogens with one attached hydrogen (secondary N) is 2. The van der Waals surface area contributed by atoms with Gasteiger partial charge in [0.25, 0.3) is 0 Å². The van der Waals surface area contributed by atoms with E-state index in [9.17, 15) is 9.18 Å². The SMILES string of the molecule is O=c1[nH]nc(CSCOc2cccc(F)c2)[nH]1. The van der Waals surface area contributed by atoms with E-state index in [1.54, 1.807) is 12.1 Å². The molecule has 0 aliphatic carbocycles. The molecule has 0 radical (unpaired) electrons. The maximum atomic E-state index is 12.8. The maximum absolute atomic E-state index is 12.8. The predicted octanol–water partition coefficient (Wildman–Crippen LogP) is 1.51. The van der Waals surface area contributed by atoms with Gasteiger partial charge in [-0.1, -0.05) is 6.07 Å². The molecule has 17 heavy (non-hydrogen) atoms. The van der Waals surface area contributed by atoms with E-state index in [0.717, 1.165) is 0 Å². The Bertz CT molecular complexity index is 540. The molecule has 0 aliphatic heterocycles. The molecule has 0 unspecified atom stereocenters. The number of halogens is 1. The van der Waals surface area contributed by atoms with Crippen LogP contribution in [0, 0.1) is 5.82 Å². The molecule has 0 fully saturated rings. The number of H-pyrrole nitrogens is 2. The molecule has 1 aromatic carbocycles. The zero-order chi connectivity index (χ0) is 12.1. The molecule has 0 saturated heterocycles. The summed E-state index contributed by atoms with van der Waals surface area (Å²) >= 11 is 1.42. The Morgan fingerprint density at radius 1 is 1.47 bits per heavy atom. The highest BCUT2D eigenvalue weighted by Crippen LogP contribution is 2.15. The van der Waals surface area contributed by atoms with Gasteiger partial charge in [0, 0.05) is 6.07 Å². The van der Waals surface area contributed by atoms with Crippen LogP contribution in [-0.2, 0) is 5.75 Å². The van der Waals surface area contributed by atoms with Gasteiger partial charge in [-0.05, 0) is 12.1 Å². The number of aromatic nitrogens is 3. The van der Waals surface area contributed by atoms with Gasteiger partial charge in [-0.25, -0.2) is 14.3 Å². The van der Waals surface area contributed by atoms with E-state index in [1.165, 1.54) is 23.9 Å². The smallest absolute Gasteiger partial charge is 0.340 e. The molecule has 0 bridgehead atoms. The van der Waals surface area contributed by atoms with Crippen molar-refractivity contribution in [1.29, 1.82) is 0 Å². The summed E-state index contributed by atoms with van der Waals surface area (Å²) in [4.78, 5) is 13.3. The molecule has 0 spiro atoms. The van der Waals surface area contributed by atoms with E-state index in [-0.39, 0.29) is 11.5 Å². The van der Waals surface area contributed by atoms with Crippen LogP contribution in [0.4, 0.5) is 4.39 Å². The van der Waals surface area contributed by atoms with Crippen LogP contribution in [0.15, 0.2) is 29.1 Å². The number of ether oxygens (including phenoxy) is 1. The van der Waals surface area contributed by atoms with Crippen LogP contribution in [0.5, 0.6) is 5.75 Å². The lowest BCUT2D eigenvalue weighted by Crippen LogP contribution is -2.01. The van der Waals surface area contributed by atoms with Crippen molar-refractivity contribution < 1.29 is 9.13 Å². The maximum Gasteiger partial charge on any atom is 0.340 e. The van der Waals surface area contributed by atoms with Crippen molar-refractivity contribution in [1.82, 2.24) is 15.2 Å². The monoisotopic (exact) mass is 255 g/mol. The second kappa shape index (κ2) is 5.53. The normalized spacial score (nSPS) is 10.4. The third-order valence-electron chi connectivity index (χ3n) is 1.89. The number of aromatic amines is 2. The fraction of sp³-hybridized carbons (Fsp3) is 0.200. The van der Waals surface area contributed by atoms with Crippen LogP contribution in [0.25, 0.3) is 0 Å². The predicted molar refractivity (Wildman–Crippen MR) is 62.4 cm³/mol. The molecule has 5 nitrogen and oxygen atoms in total. The van der Waals surface area contributed by atoms with Crippen LogP contribution >= 0.6 is 11.8 Å². The molecular weight excluding hydrogens is 245 g/mol. The summed E-state index contributed by atoms with van der Waals surface area (Å²) in [6, 6.07) is 5.94. The third kappa shape index (κ3) is 3.63. The third-order valence-corrected chi connectivity index (χ3v) is 2.66. The summed E-state index contributed by atoms with van der Waals surface area (Å²) in [7, 11) is 0. The van der Waals surface area contributed by atoms with Gasteiger partial charge in [-0.3, -0.25) is 4.98 Å². The molecule has 0 atom stereocenters. The zero-order valence-corrected chi connectivity index (χ0v) is 9.59. The molecule has 0 aliphatic rings. The average molecular weight is 255 g/mol. The second-order valence-electron chi connectivity index (χ2n) is 3.19. The number of hydrogen-bond acceptors (Lipinski definition) is 4. The van der Waals surface area contributed by atoms with Crippen LogP contribution in [0.2, 0.25) is 0 Å². The fourth-order valence-corrected chi connectivity index (χ4v) is 1.81. The summed E-state index contributed by atoms with van der Waals surface area (Å²) in [6.45, 7) is 0. The molecule has 1 aromatic heterocycles. The lowest BCUT2D eigenvalue weighted by atomic mass is 10.3. The Kier molecular flexibility index (Phi) is 3.81. The van der Waals surface area contributed by atoms with Gasteiger partial charge in [-0.15, -0.1) is 11.8 Å². The Labute approximate surface area is 100 Å². The van der Waals surface area contributed by atoms with Crippen molar-refractivity contribution >= 4 is 11.8 Å². The Balaban J connectivity index is 1.75. The fourth-order valence-electron chi connectivity index (χ4n) is 1.18. The molecule has 2 N–H and O–H groups in total. The van der Waals surface area contributed by atoms with Gasteiger partial charge in [0.15, 0.2) is 0 Å². The van der Waals surface area contributed by atoms with Gasteiger partial charge in [0.2, 0.25) is 0 Å². The summed E-state index contributed by atoms with van der Waals surface area (Å²) in [6.07, 6.45) is 0. The molecule has 7 heteroatoms. The van der Waals surface area contributed by atoms with Gasteiger partial charge in [0.05, 0.1) is 5.75 Å². The van der Waals surface area contributed by atoms with E-state index in [2.05, 4.69) is 15.2 Å². The Morgan fingerprint density at radius 3 is 3.06 bits per heavy atom. The highest BCUT2D eigenvalue weighted by Gasteiger charge is 1.99. The first-order valence-electron chi connectivity index (χ1n) is 4.84. The van der Waals surface area contributed by atoms with E-state index in [1.807, 2.05) is 0 Å². The van der Waals surface area contributed by atoms with Crippen molar-refractivity contribution in [3.05, 3.63) is 46.4 Å². The van der Waals surface area contributed by atoms with Gasteiger partial charge >= 0.3 is 5.69 Å². The number of thioether (sulfide) groups is 1. The minimum Gasteiger partial charge on any atom is -0.483 e. The summed E-state index contributed by atoms with van der Waals surface area (Å²) < 4.78 is 18.1. The summed E-state index contributed by atoms with van der Waals surface area (Å²) in [5.41, 5.74) is -0.327. The first-order chi connectivity index (χ1) is 8.24. The zero-order valence-electron chi connectivity index (χ0n) is 8.77. The standard InChI is InChI=1S/C10H10FN3O2S/c11-7-2-1-3-8(4-7)16-6-17-5-9-12-10(15)14-13-9/h1-4H,5-6H2,(H2,12,13,14,15). The molecule has 90 valence electrons. The van der Waals surface area contributed by atoms with Gasteiger partial charge in [-0.2, -0.15) is 5.10 Å². The largest absolute Gasteiger partial charge is 0.483 e. The number of benzene rings is 1. The highest BCUT2D eigenvalue weighted by atomic mass is 32.2. The number of hydrogen-bond donors (Lipinski definition) is 2. The van der Waals surface area contributed by atoms with Crippen molar-refractivity contribution in [3.8, 4) is 5.75 Å². The second-order valence-corrected chi connectivity index (χ2v) is 4.13. The van der Waals surface area contributed by atoms with Gasteiger partial charge in [0.1, 0.15) is 23.3 Å². The van der Waals surface area contributed by atoms with E-state index >= 15 is 0 Å². The molecule has 2 rings (SSSR count). The lowest BCUT2D eigenvalue weighted by Gasteiger charge is -2.04. The molecule has 2 aromatic rings. The Morgan fingerprint density at radius 2 is 2.35 bits per heavy atom. The van der Waals surface area contributed by atoms with Crippen LogP contribution in [0.1, 0.15) is 5.82 Å². The average Bonchev–Trinajstić information content (AvgIpc) is 2.71. The molecule has 0 saturated carbocycles. The van der Waals surface area contributed by atoms with E-state index in [4.69, 9.17) is 4.74 Å². The minimum absolute atomic E-state index is 0.327. The first kappa shape index (κ1) is 11.7. The quantitative estimate of drug-likeness (QED) is 0.627. The first-order valence-corrected chi connectivity index (χ1v) is 5.99. The van der Waals surface area contributed by atoms with Gasteiger partial charge < -0.3 is 4.74 Å². The van der Waals surface area contributed by atoms with Crippen LogP contribution in [0.3, 0.4) is 0 Å². The molecule has 1 heterocycles. The Hall–Kier alpha value is -1.76. The molecule has 0 amide bonds. The number of rotatable bonds is 5. The van der Waals surface area contributed by atoms with Crippen molar-refractivity contribution in [2.24, 2.45) is 0 Å². The highest BCUT2D eigenvalue weighted by molar-refractivity contribution is 7.98. The van der Waals surface area contributed by atoms with Crippen molar-refractivity contribution in [2.75, 3.05) is 5.94 Å². The molecular formula is C10H10FN3O2S. The van der Waals surface area contributed by atoms with Crippen molar-refractivity contribution in [2.45, 2.75) is 5.75 Å². The van der Waals surface area contributed by atoms with Crippen LogP contribution < -0.4 is 10.4 Å². The van der Waals surface area contributed by atoms with Crippen LogP contribution in [-0.4, -0.2) is 21.1 Å². The lowest BCUT2D eigenvalue weighted by molar-refractivity contribution is 0.390. The minimum atomic E-state index is -0.330. The van der Waals surface area contributed by atoms with Crippen molar-refractivity contribution in [3.63, 3.8) is 0 Å². The van der Waals surface area contributed by atoms with E-state index in [0.29, 0.717) is 23.3 Å². The summed E-state index contributed by atoms with van der Waals surface area (Å²) in [5.74, 6) is 1.59. The van der Waals surface area contributed by atoms with E-state index < -0.39 is 0 Å². The topological polar surface area (TPSA) is 70.8 Å².